The highest BCUT2D eigenvalue weighted by Crippen LogP contribution is 2.48. The third kappa shape index (κ3) is 4.32. The number of ketones is 1. The molecular formula is C27H20Cl2N2O6S. The first-order valence-electron chi connectivity index (χ1n) is 11.2. The molecule has 11 heteroatoms. The molecule has 194 valence electrons. The number of ether oxygens (including phenoxy) is 3. The van der Waals surface area contributed by atoms with Crippen LogP contribution in [0.25, 0.3) is 16.0 Å². The van der Waals surface area contributed by atoms with Crippen molar-refractivity contribution in [3.63, 3.8) is 0 Å². The lowest BCUT2D eigenvalue weighted by atomic mass is 9.95. The minimum atomic E-state index is -1.06. The Kier molecular flexibility index (Phi) is 6.92. The van der Waals surface area contributed by atoms with E-state index in [2.05, 4.69) is 4.98 Å². The van der Waals surface area contributed by atoms with Crippen molar-refractivity contribution in [3.8, 4) is 17.2 Å². The Balaban J connectivity index is 1.78. The molecule has 4 aromatic rings. The van der Waals surface area contributed by atoms with Crippen molar-refractivity contribution in [2.75, 3.05) is 26.2 Å². The van der Waals surface area contributed by atoms with Gasteiger partial charge in [-0.05, 0) is 60.2 Å². The number of thiazole rings is 1. The summed E-state index contributed by atoms with van der Waals surface area (Å²) in [7, 11) is 4.39. The number of fused-ring (bicyclic) bond motifs is 1. The number of anilines is 1. The van der Waals surface area contributed by atoms with Gasteiger partial charge in [-0.25, -0.2) is 4.98 Å². The average molecular weight is 571 g/mol. The molecule has 1 amide bonds. The molecule has 1 unspecified atom stereocenters. The van der Waals surface area contributed by atoms with E-state index in [1.807, 2.05) is 0 Å². The van der Waals surface area contributed by atoms with Crippen molar-refractivity contribution in [2.45, 2.75) is 6.04 Å². The Labute approximate surface area is 231 Å². The molecule has 0 bridgehead atoms. The molecule has 5 rings (SSSR count). The highest BCUT2D eigenvalue weighted by molar-refractivity contribution is 7.22. The lowest BCUT2D eigenvalue weighted by Gasteiger charge is -2.24. The fourth-order valence-corrected chi connectivity index (χ4v) is 5.75. The summed E-state index contributed by atoms with van der Waals surface area (Å²) in [6, 6.07) is 13.7. The van der Waals surface area contributed by atoms with Gasteiger partial charge in [0.05, 0.1) is 43.2 Å². The van der Waals surface area contributed by atoms with E-state index in [1.54, 1.807) is 54.6 Å². The second kappa shape index (κ2) is 10.2. The Hall–Kier alpha value is -3.79. The zero-order valence-electron chi connectivity index (χ0n) is 20.3. The van der Waals surface area contributed by atoms with E-state index in [1.165, 1.54) is 37.6 Å². The predicted molar refractivity (Wildman–Crippen MR) is 147 cm³/mol. The lowest BCUT2D eigenvalue weighted by Crippen LogP contribution is -2.29. The van der Waals surface area contributed by atoms with Gasteiger partial charge in [-0.1, -0.05) is 34.5 Å². The summed E-state index contributed by atoms with van der Waals surface area (Å²) < 4.78 is 17.2. The van der Waals surface area contributed by atoms with Crippen LogP contribution in [-0.4, -0.2) is 43.1 Å². The van der Waals surface area contributed by atoms with E-state index >= 15 is 0 Å². The fraction of sp³-hybridized carbons (Fsp3) is 0.148. The number of carbonyl (C=O) groups excluding carboxylic acids is 2. The van der Waals surface area contributed by atoms with Crippen LogP contribution < -0.4 is 19.1 Å². The van der Waals surface area contributed by atoms with E-state index in [9.17, 15) is 14.7 Å². The van der Waals surface area contributed by atoms with Crippen LogP contribution in [-0.2, 0) is 9.59 Å². The number of rotatable bonds is 6. The molecule has 1 N–H and O–H groups in total. The van der Waals surface area contributed by atoms with Crippen LogP contribution in [0, 0.1) is 0 Å². The SMILES string of the molecule is COc1cc(C2C(=C(O)c3ccc(Cl)cc3)C(=O)C(=O)N2c2nc3ccc(Cl)cc3s2)cc(OC)c1OC. The first-order valence-corrected chi connectivity index (χ1v) is 12.8. The molecule has 2 heterocycles. The summed E-state index contributed by atoms with van der Waals surface area (Å²) in [5, 5.41) is 12.6. The van der Waals surface area contributed by atoms with Gasteiger partial charge in [0.25, 0.3) is 5.78 Å². The van der Waals surface area contributed by atoms with Gasteiger partial charge in [0, 0.05) is 15.6 Å². The van der Waals surface area contributed by atoms with Crippen LogP contribution >= 0.6 is 34.5 Å². The van der Waals surface area contributed by atoms with E-state index < -0.39 is 17.7 Å². The van der Waals surface area contributed by atoms with Crippen molar-refractivity contribution in [3.05, 3.63) is 81.3 Å². The molecule has 0 spiro atoms. The molecule has 38 heavy (non-hydrogen) atoms. The third-order valence-electron chi connectivity index (χ3n) is 6.11. The maximum absolute atomic E-state index is 13.5. The molecule has 1 atom stereocenters. The molecule has 1 aliphatic heterocycles. The van der Waals surface area contributed by atoms with Crippen LogP contribution in [0.15, 0.2) is 60.2 Å². The van der Waals surface area contributed by atoms with Gasteiger partial charge in [0.1, 0.15) is 5.76 Å². The van der Waals surface area contributed by atoms with E-state index in [-0.39, 0.29) is 16.5 Å². The fourth-order valence-electron chi connectivity index (χ4n) is 4.36. The molecule has 1 fully saturated rings. The molecule has 8 nitrogen and oxygen atoms in total. The Bertz CT molecular complexity index is 1590. The zero-order valence-corrected chi connectivity index (χ0v) is 22.6. The van der Waals surface area contributed by atoms with Gasteiger partial charge in [0.15, 0.2) is 16.6 Å². The van der Waals surface area contributed by atoms with Gasteiger partial charge >= 0.3 is 5.91 Å². The molecule has 1 aromatic heterocycles. The van der Waals surface area contributed by atoms with Crippen molar-refractivity contribution in [2.24, 2.45) is 0 Å². The second-order valence-electron chi connectivity index (χ2n) is 8.24. The number of benzene rings is 3. The molecule has 1 saturated heterocycles. The normalized spacial score (nSPS) is 16.8. The predicted octanol–water partition coefficient (Wildman–Crippen LogP) is 6.26. The standard InChI is InChI=1S/C27H20Cl2N2O6S/c1-35-18-10-14(11-19(36-2)25(18)37-3)22-21(23(32)13-4-6-15(28)7-5-13)24(33)26(34)31(22)27-30-17-9-8-16(29)12-20(17)38-27/h4-12,22,32H,1-3H3. The quantitative estimate of drug-likeness (QED) is 0.166. The monoisotopic (exact) mass is 570 g/mol. The van der Waals surface area contributed by atoms with Gasteiger partial charge in [-0.15, -0.1) is 0 Å². The van der Waals surface area contributed by atoms with Gasteiger partial charge in [-0.3, -0.25) is 14.5 Å². The molecule has 3 aromatic carbocycles. The summed E-state index contributed by atoms with van der Waals surface area (Å²) in [6.07, 6.45) is 0. The molecule has 0 saturated carbocycles. The second-order valence-corrected chi connectivity index (χ2v) is 10.1. The maximum atomic E-state index is 13.5. The lowest BCUT2D eigenvalue weighted by molar-refractivity contribution is -0.132. The Morgan fingerprint density at radius 3 is 2.16 bits per heavy atom. The van der Waals surface area contributed by atoms with Gasteiger partial charge < -0.3 is 19.3 Å². The van der Waals surface area contributed by atoms with Crippen LogP contribution in [0.5, 0.6) is 17.2 Å². The summed E-state index contributed by atoms with van der Waals surface area (Å²) in [6.45, 7) is 0. The number of amides is 1. The van der Waals surface area contributed by atoms with E-state index in [0.717, 1.165) is 4.70 Å². The number of halogens is 2. The number of hydrogen-bond acceptors (Lipinski definition) is 8. The minimum absolute atomic E-state index is 0.121. The molecule has 0 aliphatic carbocycles. The van der Waals surface area contributed by atoms with Crippen molar-refractivity contribution in [1.29, 1.82) is 0 Å². The van der Waals surface area contributed by atoms with Crippen molar-refractivity contribution < 1.29 is 28.9 Å². The molecule has 1 aliphatic rings. The number of aromatic nitrogens is 1. The first-order chi connectivity index (χ1) is 18.3. The molecule has 0 radical (unpaired) electrons. The number of hydrogen-bond donors (Lipinski definition) is 1. The number of Topliss-reactive ketones (excluding diaryl/α,β-unsaturated/α-hetero) is 1. The number of methoxy groups -OCH3 is 3. The van der Waals surface area contributed by atoms with Gasteiger partial charge in [-0.2, -0.15) is 0 Å². The summed E-state index contributed by atoms with van der Waals surface area (Å²) in [5.41, 5.74) is 1.24. The van der Waals surface area contributed by atoms with Crippen molar-refractivity contribution >= 4 is 67.3 Å². The maximum Gasteiger partial charge on any atom is 0.301 e. The van der Waals surface area contributed by atoms with Crippen molar-refractivity contribution in [1.82, 2.24) is 4.98 Å². The van der Waals surface area contributed by atoms with Crippen LogP contribution in [0.2, 0.25) is 10.0 Å². The summed E-state index contributed by atoms with van der Waals surface area (Å²) in [5.74, 6) is -1.10. The number of carbonyl (C=O) groups is 2. The number of aliphatic hydroxyl groups excluding tert-OH is 1. The largest absolute Gasteiger partial charge is 0.507 e. The van der Waals surface area contributed by atoms with Crippen LogP contribution in [0.4, 0.5) is 5.13 Å². The van der Waals surface area contributed by atoms with Crippen LogP contribution in [0.1, 0.15) is 17.2 Å². The zero-order chi connectivity index (χ0) is 27.1. The Morgan fingerprint density at radius 1 is 0.921 bits per heavy atom. The first kappa shape index (κ1) is 25.8. The molecular weight excluding hydrogens is 551 g/mol. The van der Waals surface area contributed by atoms with E-state index in [0.29, 0.717) is 43.9 Å². The third-order valence-corrected chi connectivity index (χ3v) is 7.61. The van der Waals surface area contributed by atoms with E-state index in [4.69, 9.17) is 37.4 Å². The highest BCUT2D eigenvalue weighted by atomic mass is 35.5. The van der Waals surface area contributed by atoms with Crippen LogP contribution in [0.3, 0.4) is 0 Å². The number of aliphatic hydroxyl groups is 1. The topological polar surface area (TPSA) is 98.2 Å². The number of nitrogens with zero attached hydrogens (tertiary/aromatic N) is 2. The Morgan fingerprint density at radius 2 is 1.55 bits per heavy atom. The van der Waals surface area contributed by atoms with Gasteiger partial charge in [0.2, 0.25) is 5.75 Å². The average Bonchev–Trinajstić information content (AvgIpc) is 3.45. The summed E-state index contributed by atoms with van der Waals surface area (Å²) in [4.78, 5) is 32.9. The highest BCUT2D eigenvalue weighted by Gasteiger charge is 2.48. The minimum Gasteiger partial charge on any atom is -0.507 e. The summed E-state index contributed by atoms with van der Waals surface area (Å²) >= 11 is 13.4. The smallest absolute Gasteiger partial charge is 0.301 e.